The quantitative estimate of drug-likeness (QED) is 0.417. The number of hydrogen-bond acceptors (Lipinski definition) is 7. The maximum absolute atomic E-state index is 13.1. The van der Waals surface area contributed by atoms with Gasteiger partial charge in [-0.3, -0.25) is 9.48 Å². The highest BCUT2D eigenvalue weighted by atomic mass is 19.4. The molecule has 0 bridgehead atoms. The highest BCUT2D eigenvalue weighted by Gasteiger charge is 2.33. The lowest BCUT2D eigenvalue weighted by Crippen LogP contribution is -2.29. The lowest BCUT2D eigenvalue weighted by molar-refractivity contribution is -0.141. The molecule has 0 aliphatic heterocycles. The monoisotopic (exact) mass is 500 g/mol. The van der Waals surface area contributed by atoms with Gasteiger partial charge in [0.15, 0.2) is 5.82 Å². The zero-order chi connectivity index (χ0) is 26.2. The SMILES string of the molecule is Cc1cc(-c2ncc3nc(C(F)(F)F)cc(C)c3n2)ccc1N(C)C(=O)c1cc(CO)nn1CCO. The molecule has 0 spiro atoms. The molecule has 0 saturated heterocycles. The van der Waals surface area contributed by atoms with Crippen LogP contribution >= 0.6 is 0 Å². The fourth-order valence-corrected chi connectivity index (χ4v) is 3.90. The minimum absolute atomic E-state index is 0.0477. The molecule has 1 aromatic carbocycles. The van der Waals surface area contributed by atoms with Gasteiger partial charge < -0.3 is 15.1 Å². The number of nitrogens with zero attached hydrogens (tertiary/aromatic N) is 6. The molecular formula is C24H23F3N6O3. The maximum Gasteiger partial charge on any atom is 0.433 e. The average Bonchev–Trinajstić information content (AvgIpc) is 3.25. The van der Waals surface area contributed by atoms with Gasteiger partial charge in [-0.15, -0.1) is 0 Å². The number of aliphatic hydroxyl groups is 2. The number of hydrogen-bond donors (Lipinski definition) is 2. The molecule has 36 heavy (non-hydrogen) atoms. The molecule has 0 aliphatic carbocycles. The minimum Gasteiger partial charge on any atom is -0.394 e. The van der Waals surface area contributed by atoms with E-state index in [0.29, 0.717) is 33.8 Å². The van der Waals surface area contributed by atoms with Crippen LogP contribution in [-0.2, 0) is 19.3 Å². The van der Waals surface area contributed by atoms with E-state index in [1.807, 2.05) is 0 Å². The number of aryl methyl sites for hydroxylation is 2. The van der Waals surface area contributed by atoms with E-state index >= 15 is 0 Å². The summed E-state index contributed by atoms with van der Waals surface area (Å²) in [7, 11) is 1.60. The van der Waals surface area contributed by atoms with Crippen molar-refractivity contribution in [2.75, 3.05) is 18.6 Å². The highest BCUT2D eigenvalue weighted by Crippen LogP contribution is 2.31. The third-order valence-corrected chi connectivity index (χ3v) is 5.67. The highest BCUT2D eigenvalue weighted by molar-refractivity contribution is 6.05. The van der Waals surface area contributed by atoms with Gasteiger partial charge in [-0.25, -0.2) is 15.0 Å². The third-order valence-electron chi connectivity index (χ3n) is 5.67. The largest absolute Gasteiger partial charge is 0.433 e. The van der Waals surface area contributed by atoms with Crippen molar-refractivity contribution in [3.8, 4) is 11.4 Å². The Morgan fingerprint density at radius 2 is 1.83 bits per heavy atom. The smallest absolute Gasteiger partial charge is 0.394 e. The van der Waals surface area contributed by atoms with Crippen LogP contribution in [0.5, 0.6) is 0 Å². The second kappa shape index (κ2) is 9.63. The molecule has 2 N–H and O–H groups in total. The number of rotatable bonds is 6. The maximum atomic E-state index is 13.1. The van der Waals surface area contributed by atoms with Gasteiger partial charge in [-0.05, 0) is 55.3 Å². The Bertz CT molecular complexity index is 1450. The van der Waals surface area contributed by atoms with Crippen molar-refractivity contribution in [3.63, 3.8) is 0 Å². The standard InChI is InChI=1S/C24H23F3N6O3/c1-13-8-15(22-28-11-17-21(30-22)14(2)9-20(29-17)24(25,26)27)4-5-18(13)32(3)23(36)19-10-16(12-35)31-33(19)6-7-34/h4-5,8-11,34-35H,6-7,12H2,1-3H3. The summed E-state index contributed by atoms with van der Waals surface area (Å²) in [4.78, 5) is 26.9. The van der Waals surface area contributed by atoms with E-state index in [2.05, 4.69) is 20.1 Å². The molecule has 0 unspecified atom stereocenters. The Hall–Kier alpha value is -3.90. The number of anilines is 1. The van der Waals surface area contributed by atoms with E-state index in [9.17, 15) is 28.2 Å². The van der Waals surface area contributed by atoms with Crippen molar-refractivity contribution in [2.24, 2.45) is 0 Å². The molecule has 1 amide bonds. The van der Waals surface area contributed by atoms with Crippen LogP contribution in [0, 0.1) is 13.8 Å². The fourth-order valence-electron chi connectivity index (χ4n) is 3.90. The first-order chi connectivity index (χ1) is 17.0. The number of halogens is 3. The van der Waals surface area contributed by atoms with Crippen molar-refractivity contribution in [1.82, 2.24) is 24.7 Å². The van der Waals surface area contributed by atoms with Crippen LogP contribution in [0.4, 0.5) is 18.9 Å². The first-order valence-corrected chi connectivity index (χ1v) is 10.9. The Balaban J connectivity index is 1.66. The van der Waals surface area contributed by atoms with E-state index in [-0.39, 0.29) is 36.9 Å². The number of aliphatic hydroxyl groups excluding tert-OH is 2. The zero-order valence-corrected chi connectivity index (χ0v) is 19.7. The average molecular weight is 500 g/mol. The first-order valence-electron chi connectivity index (χ1n) is 10.9. The van der Waals surface area contributed by atoms with Crippen molar-refractivity contribution < 1.29 is 28.2 Å². The van der Waals surface area contributed by atoms with Gasteiger partial charge in [0.1, 0.15) is 16.9 Å². The van der Waals surface area contributed by atoms with Crippen LogP contribution in [0.25, 0.3) is 22.4 Å². The van der Waals surface area contributed by atoms with E-state index in [1.54, 1.807) is 32.2 Å². The molecule has 3 aromatic heterocycles. The normalized spacial score (nSPS) is 11.8. The number of alkyl halides is 3. The summed E-state index contributed by atoms with van der Waals surface area (Å²) < 4.78 is 40.6. The predicted molar refractivity (Wildman–Crippen MR) is 125 cm³/mol. The second-order valence-electron chi connectivity index (χ2n) is 8.24. The van der Waals surface area contributed by atoms with Crippen molar-refractivity contribution in [2.45, 2.75) is 33.2 Å². The van der Waals surface area contributed by atoms with Crippen LogP contribution in [0.2, 0.25) is 0 Å². The molecule has 3 heterocycles. The summed E-state index contributed by atoms with van der Waals surface area (Å²) in [5.74, 6) is -0.0694. The van der Waals surface area contributed by atoms with E-state index < -0.39 is 11.9 Å². The number of pyridine rings is 1. The molecule has 188 valence electrons. The number of benzene rings is 1. The Kier molecular flexibility index (Phi) is 6.74. The summed E-state index contributed by atoms with van der Waals surface area (Å²) in [6.45, 7) is 2.88. The third kappa shape index (κ3) is 4.77. The summed E-state index contributed by atoms with van der Waals surface area (Å²) >= 11 is 0. The van der Waals surface area contributed by atoms with E-state index in [4.69, 9.17) is 0 Å². The van der Waals surface area contributed by atoms with Crippen molar-refractivity contribution in [3.05, 3.63) is 64.7 Å². The van der Waals surface area contributed by atoms with Crippen LogP contribution in [0.15, 0.2) is 36.5 Å². The van der Waals surface area contributed by atoms with Crippen molar-refractivity contribution >= 4 is 22.6 Å². The van der Waals surface area contributed by atoms with Gasteiger partial charge in [0.2, 0.25) is 0 Å². The molecule has 12 heteroatoms. The van der Waals surface area contributed by atoms with Crippen LogP contribution < -0.4 is 4.90 Å². The Morgan fingerprint density at radius 1 is 1.08 bits per heavy atom. The molecule has 0 atom stereocenters. The molecular weight excluding hydrogens is 477 g/mol. The van der Waals surface area contributed by atoms with Gasteiger partial charge in [0.25, 0.3) is 5.91 Å². The van der Waals surface area contributed by atoms with E-state index in [0.717, 1.165) is 11.6 Å². The van der Waals surface area contributed by atoms with Crippen LogP contribution in [-0.4, -0.2) is 54.5 Å². The number of fused-ring (bicyclic) bond motifs is 1. The molecule has 0 radical (unpaired) electrons. The first kappa shape index (κ1) is 25.2. The Labute approximate surface area is 203 Å². The van der Waals surface area contributed by atoms with Gasteiger partial charge >= 0.3 is 6.18 Å². The molecule has 4 aromatic rings. The van der Waals surface area contributed by atoms with Gasteiger partial charge in [-0.2, -0.15) is 18.3 Å². The Morgan fingerprint density at radius 3 is 2.47 bits per heavy atom. The molecule has 9 nitrogen and oxygen atoms in total. The number of carbonyl (C=O) groups is 1. The lowest BCUT2D eigenvalue weighted by Gasteiger charge is -2.20. The van der Waals surface area contributed by atoms with Gasteiger partial charge in [0, 0.05) is 18.3 Å². The summed E-state index contributed by atoms with van der Waals surface area (Å²) in [6.07, 6.45) is -3.30. The van der Waals surface area contributed by atoms with E-state index in [1.165, 1.54) is 28.8 Å². The molecule has 4 rings (SSSR count). The minimum atomic E-state index is -4.57. The summed E-state index contributed by atoms with van der Waals surface area (Å²) in [5, 5.41) is 22.7. The van der Waals surface area contributed by atoms with Gasteiger partial charge in [-0.1, -0.05) is 0 Å². The number of aromatic nitrogens is 5. The number of amides is 1. The second-order valence-corrected chi connectivity index (χ2v) is 8.24. The fraction of sp³-hybridized carbons (Fsp3) is 0.292. The van der Waals surface area contributed by atoms with Gasteiger partial charge in [0.05, 0.1) is 37.2 Å². The predicted octanol–water partition coefficient (Wildman–Crippen LogP) is 3.29. The lowest BCUT2D eigenvalue weighted by atomic mass is 10.1. The summed E-state index contributed by atoms with van der Waals surface area (Å²) in [5.41, 5.74) is 2.17. The topological polar surface area (TPSA) is 117 Å². The number of carbonyl (C=O) groups excluding carboxylic acids is 1. The molecule has 0 fully saturated rings. The molecule has 0 aliphatic rings. The molecule has 0 saturated carbocycles. The van der Waals surface area contributed by atoms with Crippen molar-refractivity contribution in [1.29, 1.82) is 0 Å². The van der Waals surface area contributed by atoms with Crippen LogP contribution in [0.1, 0.15) is 33.0 Å². The summed E-state index contributed by atoms with van der Waals surface area (Å²) in [6, 6.07) is 7.63. The van der Waals surface area contributed by atoms with Crippen LogP contribution in [0.3, 0.4) is 0 Å². The zero-order valence-electron chi connectivity index (χ0n) is 19.7.